The van der Waals surface area contributed by atoms with Crippen LogP contribution in [0.3, 0.4) is 0 Å². The molecule has 0 saturated heterocycles. The van der Waals surface area contributed by atoms with Crippen molar-refractivity contribution in [3.63, 3.8) is 0 Å². The van der Waals surface area contributed by atoms with Gasteiger partial charge in [0.1, 0.15) is 5.82 Å². The molecule has 0 radical (unpaired) electrons. The number of aryl methyl sites for hydroxylation is 2. The van der Waals surface area contributed by atoms with Crippen LogP contribution in [0.15, 0.2) is 24.4 Å². The Balaban J connectivity index is 2.39. The number of hydrogen-bond acceptors (Lipinski definition) is 2. The summed E-state index contributed by atoms with van der Waals surface area (Å²) >= 11 is 0. The quantitative estimate of drug-likeness (QED) is 0.682. The van der Waals surface area contributed by atoms with Crippen molar-refractivity contribution in [2.75, 3.05) is 5.73 Å². The molecule has 0 fully saturated rings. The fourth-order valence-corrected chi connectivity index (χ4v) is 2.27. The van der Waals surface area contributed by atoms with Gasteiger partial charge < -0.3 is 5.73 Å². The molecule has 0 aliphatic heterocycles. The predicted octanol–water partition coefficient (Wildman–Crippen LogP) is 2.31. The van der Waals surface area contributed by atoms with Gasteiger partial charge in [-0.1, -0.05) is 6.07 Å². The summed E-state index contributed by atoms with van der Waals surface area (Å²) in [7, 11) is 0. The zero-order chi connectivity index (χ0) is 9.54. The number of fused-ring (bicyclic) bond motifs is 2. The molecule has 2 aromatic rings. The molecule has 1 aliphatic carbocycles. The van der Waals surface area contributed by atoms with Crippen LogP contribution in [-0.2, 0) is 12.8 Å². The van der Waals surface area contributed by atoms with Gasteiger partial charge in [-0.25, -0.2) is 4.98 Å². The van der Waals surface area contributed by atoms with E-state index < -0.39 is 0 Å². The summed E-state index contributed by atoms with van der Waals surface area (Å²) in [6.07, 6.45) is 5.46. The first kappa shape index (κ1) is 7.80. The van der Waals surface area contributed by atoms with Gasteiger partial charge >= 0.3 is 0 Å². The van der Waals surface area contributed by atoms with Crippen molar-refractivity contribution in [3.8, 4) is 0 Å². The molecule has 0 spiro atoms. The highest BCUT2D eigenvalue weighted by molar-refractivity contribution is 5.92. The van der Waals surface area contributed by atoms with Crippen molar-refractivity contribution >= 4 is 16.6 Å². The van der Waals surface area contributed by atoms with Gasteiger partial charge in [-0.05, 0) is 47.9 Å². The van der Waals surface area contributed by atoms with Gasteiger partial charge in [0.05, 0.1) is 0 Å². The number of anilines is 1. The van der Waals surface area contributed by atoms with Crippen LogP contribution in [0.5, 0.6) is 0 Å². The Hall–Kier alpha value is -1.57. The molecule has 2 heteroatoms. The van der Waals surface area contributed by atoms with Crippen LogP contribution >= 0.6 is 0 Å². The Labute approximate surface area is 82.8 Å². The molecule has 70 valence electrons. The maximum atomic E-state index is 5.84. The van der Waals surface area contributed by atoms with Gasteiger partial charge in [0.25, 0.3) is 0 Å². The average Bonchev–Trinajstić information content (AvgIpc) is 2.62. The summed E-state index contributed by atoms with van der Waals surface area (Å²) < 4.78 is 0. The lowest BCUT2D eigenvalue weighted by atomic mass is 10.0. The fourth-order valence-electron chi connectivity index (χ4n) is 2.27. The molecule has 0 atom stereocenters. The number of rotatable bonds is 0. The van der Waals surface area contributed by atoms with Gasteiger partial charge in [-0.15, -0.1) is 0 Å². The van der Waals surface area contributed by atoms with Crippen LogP contribution in [0.2, 0.25) is 0 Å². The van der Waals surface area contributed by atoms with E-state index in [0.717, 1.165) is 5.39 Å². The predicted molar refractivity (Wildman–Crippen MR) is 58.2 cm³/mol. The van der Waals surface area contributed by atoms with E-state index in [-0.39, 0.29) is 0 Å². The normalized spacial score (nSPS) is 14.6. The third-order valence-electron chi connectivity index (χ3n) is 3.01. The molecule has 0 unspecified atom stereocenters. The summed E-state index contributed by atoms with van der Waals surface area (Å²) in [6.45, 7) is 0. The van der Waals surface area contributed by atoms with Crippen LogP contribution in [0.25, 0.3) is 10.8 Å². The molecular weight excluding hydrogens is 172 g/mol. The van der Waals surface area contributed by atoms with Crippen LogP contribution < -0.4 is 5.73 Å². The van der Waals surface area contributed by atoms with Crippen molar-refractivity contribution in [1.29, 1.82) is 0 Å². The van der Waals surface area contributed by atoms with E-state index in [2.05, 4.69) is 17.1 Å². The summed E-state index contributed by atoms with van der Waals surface area (Å²) in [5, 5.41) is 2.33. The highest BCUT2D eigenvalue weighted by atomic mass is 14.8. The number of benzene rings is 1. The molecule has 1 aromatic carbocycles. The third kappa shape index (κ3) is 1.00. The summed E-state index contributed by atoms with van der Waals surface area (Å²) in [4.78, 5) is 4.11. The van der Waals surface area contributed by atoms with E-state index in [9.17, 15) is 0 Å². The van der Waals surface area contributed by atoms with Crippen molar-refractivity contribution in [3.05, 3.63) is 35.5 Å². The smallest absolute Gasteiger partial charge is 0.131 e. The van der Waals surface area contributed by atoms with Crippen LogP contribution in [0.4, 0.5) is 5.82 Å². The van der Waals surface area contributed by atoms with E-state index >= 15 is 0 Å². The maximum absolute atomic E-state index is 5.84. The largest absolute Gasteiger partial charge is 0.383 e. The summed E-state index contributed by atoms with van der Waals surface area (Å²) in [6, 6.07) is 6.50. The topological polar surface area (TPSA) is 38.9 Å². The number of nitrogens with zero attached hydrogens (tertiary/aromatic N) is 1. The van der Waals surface area contributed by atoms with E-state index in [0.29, 0.717) is 5.82 Å². The lowest BCUT2D eigenvalue weighted by Crippen LogP contribution is -1.92. The molecule has 2 nitrogen and oxygen atoms in total. The first-order chi connectivity index (χ1) is 6.84. The van der Waals surface area contributed by atoms with E-state index in [4.69, 9.17) is 5.73 Å². The fraction of sp³-hybridized carbons (Fsp3) is 0.250. The Bertz CT molecular complexity index is 503. The van der Waals surface area contributed by atoms with Crippen LogP contribution in [-0.4, -0.2) is 4.98 Å². The lowest BCUT2D eigenvalue weighted by Gasteiger charge is -2.04. The first-order valence-corrected chi connectivity index (χ1v) is 5.00. The number of nitrogens with two attached hydrogens (primary N) is 1. The number of nitrogen functional groups attached to an aromatic ring is 1. The monoisotopic (exact) mass is 184 g/mol. The van der Waals surface area contributed by atoms with Gasteiger partial charge in [-0.3, -0.25) is 0 Å². The molecule has 3 rings (SSSR count). The second kappa shape index (κ2) is 2.71. The van der Waals surface area contributed by atoms with E-state index in [1.807, 2.05) is 6.07 Å². The standard InChI is InChI=1S/C12H12N2/c13-12-11-7-9-3-1-2-8(9)6-10(11)4-5-14-12/h4-7H,1-3H2,(H2,13,14). The molecule has 0 bridgehead atoms. The molecule has 0 saturated carbocycles. The number of pyridine rings is 1. The van der Waals surface area contributed by atoms with Crippen molar-refractivity contribution < 1.29 is 0 Å². The number of hydrogen-bond donors (Lipinski definition) is 1. The molecule has 1 aromatic heterocycles. The minimum absolute atomic E-state index is 0.650. The third-order valence-corrected chi connectivity index (χ3v) is 3.01. The molecule has 0 amide bonds. The van der Waals surface area contributed by atoms with E-state index in [1.54, 1.807) is 6.20 Å². The van der Waals surface area contributed by atoms with Crippen molar-refractivity contribution in [1.82, 2.24) is 4.98 Å². The zero-order valence-electron chi connectivity index (χ0n) is 7.96. The molecule has 14 heavy (non-hydrogen) atoms. The minimum atomic E-state index is 0.650. The van der Waals surface area contributed by atoms with Gasteiger partial charge in [0.2, 0.25) is 0 Å². The Kier molecular flexibility index (Phi) is 1.51. The van der Waals surface area contributed by atoms with Crippen LogP contribution in [0, 0.1) is 0 Å². The zero-order valence-corrected chi connectivity index (χ0v) is 7.96. The van der Waals surface area contributed by atoms with E-state index in [1.165, 1.54) is 35.8 Å². The molecular formula is C12H12N2. The molecule has 1 aliphatic rings. The van der Waals surface area contributed by atoms with Crippen molar-refractivity contribution in [2.24, 2.45) is 0 Å². The highest BCUT2D eigenvalue weighted by Gasteiger charge is 2.12. The second-order valence-corrected chi connectivity index (χ2v) is 3.89. The maximum Gasteiger partial charge on any atom is 0.131 e. The highest BCUT2D eigenvalue weighted by Crippen LogP contribution is 2.28. The van der Waals surface area contributed by atoms with Crippen LogP contribution in [0.1, 0.15) is 17.5 Å². The van der Waals surface area contributed by atoms with Gasteiger partial charge in [0.15, 0.2) is 0 Å². The lowest BCUT2D eigenvalue weighted by molar-refractivity contribution is 0.912. The Morgan fingerprint density at radius 2 is 1.93 bits per heavy atom. The summed E-state index contributed by atoms with van der Waals surface area (Å²) in [5.41, 5.74) is 8.78. The SMILES string of the molecule is Nc1nccc2cc3c(cc12)CCC3. The minimum Gasteiger partial charge on any atom is -0.383 e. The van der Waals surface area contributed by atoms with Crippen molar-refractivity contribution in [2.45, 2.75) is 19.3 Å². The van der Waals surface area contributed by atoms with Gasteiger partial charge in [-0.2, -0.15) is 0 Å². The van der Waals surface area contributed by atoms with Gasteiger partial charge in [0, 0.05) is 11.6 Å². The summed E-state index contributed by atoms with van der Waals surface area (Å²) in [5.74, 6) is 0.650. The Morgan fingerprint density at radius 1 is 1.14 bits per heavy atom. The first-order valence-electron chi connectivity index (χ1n) is 5.00. The molecule has 2 N–H and O–H groups in total. The molecule has 1 heterocycles. The average molecular weight is 184 g/mol. The Morgan fingerprint density at radius 3 is 2.79 bits per heavy atom. The second-order valence-electron chi connectivity index (χ2n) is 3.89. The number of aromatic nitrogens is 1.